The average molecular weight is 1850 g/mol. The van der Waals surface area contributed by atoms with Crippen molar-refractivity contribution in [3.63, 3.8) is 0 Å². The summed E-state index contributed by atoms with van der Waals surface area (Å²) in [7, 11) is -5.54. The van der Waals surface area contributed by atoms with Crippen LogP contribution in [0.3, 0.4) is 0 Å². The third kappa shape index (κ3) is 27.9. The van der Waals surface area contributed by atoms with E-state index in [4.69, 9.17) is 19.9 Å². The summed E-state index contributed by atoms with van der Waals surface area (Å²) in [6.45, 7) is 25.3. The largest absolute Gasteiger partial charge is 0.393 e. The van der Waals surface area contributed by atoms with Crippen molar-refractivity contribution < 1.29 is 94.4 Å². The number of fused-ring (bicyclic) bond motifs is 4. The molecule has 0 saturated heterocycles. The Morgan fingerprint density at radius 3 is 1.08 bits per heavy atom. The Labute approximate surface area is 767 Å². The summed E-state index contributed by atoms with van der Waals surface area (Å²) in [5, 5.41) is 85.0. The van der Waals surface area contributed by atoms with Gasteiger partial charge in [0.05, 0.1) is 83.6 Å². The molecule has 0 radical (unpaired) electrons. The van der Waals surface area contributed by atoms with Crippen molar-refractivity contribution in [2.24, 2.45) is 0 Å². The molecule has 4 aromatic heterocycles. The number of rotatable bonds is 32. The summed E-state index contributed by atoms with van der Waals surface area (Å²) in [5.74, 6) is 0.305. The average Bonchev–Trinajstić information content (AvgIpc) is 1.55. The molecular weight excluding hydrogens is 1720 g/mol. The van der Waals surface area contributed by atoms with Crippen molar-refractivity contribution in [1.29, 1.82) is 0 Å². The van der Waals surface area contributed by atoms with Gasteiger partial charge in [0.1, 0.15) is 63.9 Å². The first-order valence-corrected chi connectivity index (χ1v) is 48.2. The lowest BCUT2D eigenvalue weighted by molar-refractivity contribution is -0.120. The van der Waals surface area contributed by atoms with Crippen LogP contribution in [0.15, 0.2) is 121 Å². The number of hydrogen-bond donors (Lipinski definition) is 9. The molecule has 9 N–H and O–H groups in total. The highest BCUT2D eigenvalue weighted by molar-refractivity contribution is 7.92. The number of halogens is 4. The van der Waals surface area contributed by atoms with Crippen molar-refractivity contribution in [2.45, 2.75) is 252 Å². The third-order valence-corrected chi connectivity index (χ3v) is 25.9. The number of carbonyl (C=O) groups excluding carboxylic acids is 4. The molecule has 8 atom stereocenters. The second-order valence-corrected chi connectivity index (χ2v) is 39.4. The van der Waals surface area contributed by atoms with Crippen LogP contribution >= 0.6 is 0 Å². The van der Waals surface area contributed by atoms with Crippen molar-refractivity contribution in [3.8, 4) is 44.5 Å². The minimum absolute atomic E-state index is 0.000795. The van der Waals surface area contributed by atoms with Gasteiger partial charge in [-0.1, -0.05) is 159 Å². The fourth-order valence-corrected chi connectivity index (χ4v) is 18.7. The number of aromatic nitrogens is 4. The molecule has 0 aliphatic carbocycles. The van der Waals surface area contributed by atoms with Crippen molar-refractivity contribution >= 4 is 90.9 Å². The molecule has 0 bridgehead atoms. The maximum absolute atomic E-state index is 13.7. The predicted octanol–water partition coefficient (Wildman–Crippen LogP) is 16.2. The molecule has 12 rings (SSSR count). The Morgan fingerprint density at radius 2 is 0.748 bits per heavy atom. The summed E-state index contributed by atoms with van der Waals surface area (Å²) in [6, 6.07) is 24.8. The zero-order valence-electron chi connectivity index (χ0n) is 77.3. The number of aliphatic hydroxyl groups is 8. The Hall–Kier alpha value is -10.4. The van der Waals surface area contributed by atoms with Gasteiger partial charge in [-0.05, 0) is 182 Å². The molecule has 4 aromatic carbocycles. The molecule has 24 nitrogen and oxygen atoms in total. The van der Waals surface area contributed by atoms with Crippen molar-refractivity contribution in [2.75, 3.05) is 57.5 Å². The SMILES string of the molecule is CC(=O)C[C@H](O)C[C@H](O)/C=C/c1c(C(C)C)nc2c(c1-c1ccc(F)cc1)CCCN2C(C)=O.CC(=O)C[C@H](O)C[C@H](O)/C=C/c1c(C(C)C)nc2c(c1-c1ccc(F)cc1)CCN2S(C)(=O)=O.CC(=O)C[C@H](O)C[C@H](O)/C=C/c1c(C(C)C)nc2c(c1-c1ccc(F)cc1)CCS(=O)(=O)N2C.CC[C@H](O)C[C@H](O)/C=C/c1c(C(C)C)nc2c(c1-c1ccc(F)cc1)CCCN2. The van der Waals surface area contributed by atoms with Gasteiger partial charge >= 0.3 is 0 Å². The van der Waals surface area contributed by atoms with Crippen LogP contribution in [-0.4, -0.2) is 188 Å². The van der Waals surface area contributed by atoms with Gasteiger partial charge in [-0.2, -0.15) is 0 Å². The molecule has 0 saturated carbocycles. The fraction of sp³-hybridized carbons (Fsp3) is 0.446. The van der Waals surface area contributed by atoms with E-state index in [1.807, 2.05) is 54.5 Å². The summed E-state index contributed by atoms with van der Waals surface area (Å²) in [5.41, 5.74) is 16.2. The molecule has 131 heavy (non-hydrogen) atoms. The molecule has 0 spiro atoms. The number of sulfonamides is 2. The van der Waals surface area contributed by atoms with E-state index in [1.54, 1.807) is 83.8 Å². The van der Waals surface area contributed by atoms with Crippen LogP contribution in [-0.2, 0) is 64.9 Å². The van der Waals surface area contributed by atoms with E-state index in [0.29, 0.717) is 76.9 Å². The number of benzene rings is 4. The van der Waals surface area contributed by atoms with Crippen LogP contribution in [0.25, 0.3) is 68.8 Å². The molecular formula is C101H126F4N8O16S2. The second-order valence-electron chi connectivity index (χ2n) is 35.3. The van der Waals surface area contributed by atoms with Crippen LogP contribution in [0.2, 0.25) is 0 Å². The Balaban J connectivity index is 0.000000197. The Bertz CT molecular complexity index is 5720. The molecule has 8 aromatic rings. The molecule has 1 amide bonds. The van der Waals surface area contributed by atoms with Gasteiger partial charge in [0.25, 0.3) is 0 Å². The van der Waals surface area contributed by atoms with Crippen LogP contribution in [0, 0.1) is 23.3 Å². The fourth-order valence-electron chi connectivity index (χ4n) is 16.7. The molecule has 0 unspecified atom stereocenters. The van der Waals surface area contributed by atoms with Gasteiger partial charge in [-0.25, -0.2) is 54.3 Å². The van der Waals surface area contributed by atoms with Crippen molar-refractivity contribution in [1.82, 2.24) is 19.9 Å². The number of aliphatic hydroxyl groups excluding tert-OH is 8. The summed E-state index contributed by atoms with van der Waals surface area (Å²) < 4.78 is 107. The molecule has 706 valence electrons. The lowest BCUT2D eigenvalue weighted by Gasteiger charge is -2.31. The topological polar surface area (TPSA) is 372 Å². The van der Waals surface area contributed by atoms with Crippen LogP contribution in [0.5, 0.6) is 0 Å². The first-order chi connectivity index (χ1) is 61.8. The number of ketones is 3. The summed E-state index contributed by atoms with van der Waals surface area (Å²) in [4.78, 5) is 67.0. The highest BCUT2D eigenvalue weighted by Crippen LogP contribution is 2.47. The molecule has 0 fully saturated rings. The third-order valence-electron chi connectivity index (χ3n) is 23.0. The van der Waals surface area contributed by atoms with E-state index in [2.05, 4.69) is 19.2 Å². The highest BCUT2D eigenvalue weighted by atomic mass is 32.2. The van der Waals surface area contributed by atoms with E-state index in [-0.39, 0.29) is 127 Å². The Morgan fingerprint density at radius 1 is 0.435 bits per heavy atom. The molecule has 4 aliphatic rings. The zero-order chi connectivity index (χ0) is 96.4. The predicted molar refractivity (Wildman–Crippen MR) is 509 cm³/mol. The first kappa shape index (κ1) is 104. The number of pyridine rings is 4. The molecule has 8 heterocycles. The van der Waals surface area contributed by atoms with Gasteiger partial charge in [-0.15, -0.1) is 0 Å². The quantitative estimate of drug-likeness (QED) is 0.0177. The number of Topliss-reactive ketones (excluding diaryl/α,β-unsaturated/α-hetero) is 3. The maximum Gasteiger partial charge on any atom is 0.236 e. The molecule has 4 aliphatic heterocycles. The van der Waals surface area contributed by atoms with Crippen LogP contribution in [0.4, 0.5) is 40.8 Å². The zero-order valence-corrected chi connectivity index (χ0v) is 78.9. The smallest absolute Gasteiger partial charge is 0.236 e. The number of nitrogens with one attached hydrogen (secondary N) is 1. The number of amides is 1. The monoisotopic (exact) mass is 1850 g/mol. The minimum atomic E-state index is -3.53. The van der Waals surface area contributed by atoms with Crippen LogP contribution < -0.4 is 18.8 Å². The van der Waals surface area contributed by atoms with Gasteiger partial charge < -0.3 is 46.2 Å². The first-order valence-electron chi connectivity index (χ1n) is 44.7. The lowest BCUT2D eigenvalue weighted by Crippen LogP contribution is -2.36. The number of carbonyl (C=O) groups is 4. The van der Waals surface area contributed by atoms with Gasteiger partial charge in [0.15, 0.2) is 0 Å². The van der Waals surface area contributed by atoms with E-state index >= 15 is 0 Å². The lowest BCUT2D eigenvalue weighted by atomic mass is 9.87. The second kappa shape index (κ2) is 46.8. The van der Waals surface area contributed by atoms with E-state index in [0.717, 1.165) is 122 Å². The standard InChI is InChI=1S/C27H33FN2O4.2C25H31FN2O5S.C24H31FN2O2/c1-16(2)26-23(12-11-21(33)15-22(34)14-17(3)31)25(19-7-9-20(28)10-8-19)24-6-5-13-30(18(4)32)27(24)29-26;1-15(2)24-21(10-9-19(30)14-20(31)13-16(3)29)23(17-5-7-18(26)8-6-17)22-11-12-28(25(22)27-24)34(4,32)33;1-15(2)24-21(10-9-19(30)14-20(31)13-16(3)29)23(17-5-7-18(26)8-6-17)22-11-12-34(32,33)28(4)25(22)27-24;1-4-18(28)14-19(29)11-12-20-22(16-7-9-17(25)10-8-16)21-6-5-13-26-24(21)27-23(20)15(2)3/h7-12,16,21-22,33-34H,5-6,13-15H2,1-4H3;2*5-10,15,19-20,30-31H,11-14H2,1-4H3;7-12,15,18-19,28-29H,4-6,13-14H2,1-3H3,(H,26,27)/b12-11+;2*10-9+;12-11+/t21-,22+;2*19-,20+;18-,19+/m1110/s1. The number of hydrogen-bond acceptors (Lipinski definition) is 21. The van der Waals surface area contributed by atoms with Gasteiger partial charge in [0, 0.05) is 123 Å². The summed E-state index contributed by atoms with van der Waals surface area (Å²) in [6.07, 6.45) is 12.6. The Kier molecular flexibility index (Phi) is 37.3. The normalized spacial score (nSPS) is 16.1. The van der Waals surface area contributed by atoms with E-state index in [9.17, 15) is 94.4 Å². The van der Waals surface area contributed by atoms with Crippen LogP contribution in [0.1, 0.15) is 245 Å². The molecule has 30 heteroatoms. The highest BCUT2D eigenvalue weighted by Gasteiger charge is 2.37. The number of anilines is 4. The van der Waals surface area contributed by atoms with Gasteiger partial charge in [-0.3, -0.25) is 32.7 Å². The van der Waals surface area contributed by atoms with E-state index < -0.39 is 68.9 Å². The van der Waals surface area contributed by atoms with Crippen molar-refractivity contribution in [3.05, 3.63) is 212 Å². The maximum atomic E-state index is 13.7. The van der Waals surface area contributed by atoms with E-state index in [1.165, 1.54) is 104 Å². The van der Waals surface area contributed by atoms with Gasteiger partial charge in [0.2, 0.25) is 26.0 Å². The summed E-state index contributed by atoms with van der Waals surface area (Å²) >= 11 is 0. The minimum Gasteiger partial charge on any atom is -0.393 e. The number of nitrogens with zero attached hydrogens (tertiary/aromatic N) is 7.